The van der Waals surface area contributed by atoms with E-state index in [4.69, 9.17) is 0 Å². The van der Waals surface area contributed by atoms with E-state index in [1.807, 2.05) is 36.9 Å². The van der Waals surface area contributed by atoms with Crippen LogP contribution in [0.5, 0.6) is 0 Å². The standard InChI is InChI=1S/C23H26N6/c1-26-13-11-25-23(26)17-27-12-8-22(16-27)29-15-14-28(18-29)21-4-2-19(3-5-21)20-6-9-24-10-7-20/h2-7,9-11,13-15,22H,8,12,16-18H2,1H3/t22-/m0/s1. The van der Waals surface area contributed by atoms with Gasteiger partial charge >= 0.3 is 0 Å². The molecule has 2 aliphatic heterocycles. The number of rotatable bonds is 5. The van der Waals surface area contributed by atoms with Gasteiger partial charge in [-0.15, -0.1) is 0 Å². The number of likely N-dealkylation sites (tertiary alicyclic amines) is 1. The topological polar surface area (TPSA) is 40.4 Å². The predicted molar refractivity (Wildman–Crippen MR) is 115 cm³/mol. The van der Waals surface area contributed by atoms with Crippen molar-refractivity contribution in [1.82, 2.24) is 24.3 Å². The zero-order valence-corrected chi connectivity index (χ0v) is 16.7. The number of benzene rings is 1. The van der Waals surface area contributed by atoms with Crippen molar-refractivity contribution in [2.75, 3.05) is 24.7 Å². The van der Waals surface area contributed by atoms with E-state index in [0.717, 1.165) is 32.1 Å². The van der Waals surface area contributed by atoms with Crippen molar-refractivity contribution in [3.63, 3.8) is 0 Å². The van der Waals surface area contributed by atoms with E-state index in [1.165, 1.54) is 23.2 Å². The van der Waals surface area contributed by atoms with Gasteiger partial charge in [-0.2, -0.15) is 0 Å². The number of aromatic nitrogens is 3. The normalized spacial score (nSPS) is 19.4. The fraction of sp³-hybridized carbons (Fsp3) is 0.304. The van der Waals surface area contributed by atoms with Gasteiger partial charge in [0, 0.05) is 69.1 Å². The molecule has 1 atom stereocenters. The molecule has 148 valence electrons. The van der Waals surface area contributed by atoms with E-state index in [1.54, 1.807) is 0 Å². The van der Waals surface area contributed by atoms with Crippen molar-refractivity contribution in [3.8, 4) is 11.1 Å². The van der Waals surface area contributed by atoms with Crippen molar-refractivity contribution >= 4 is 5.69 Å². The molecule has 3 aromatic rings. The highest BCUT2D eigenvalue weighted by Gasteiger charge is 2.29. The summed E-state index contributed by atoms with van der Waals surface area (Å²) in [5.41, 5.74) is 3.64. The average molecular weight is 387 g/mol. The summed E-state index contributed by atoms with van der Waals surface area (Å²) in [7, 11) is 2.07. The van der Waals surface area contributed by atoms with Gasteiger partial charge in [0.15, 0.2) is 0 Å². The van der Waals surface area contributed by atoms with Crippen molar-refractivity contribution in [1.29, 1.82) is 0 Å². The summed E-state index contributed by atoms with van der Waals surface area (Å²) in [4.78, 5) is 15.9. The van der Waals surface area contributed by atoms with Crippen LogP contribution in [0.2, 0.25) is 0 Å². The molecule has 6 heteroatoms. The lowest BCUT2D eigenvalue weighted by atomic mass is 10.1. The fourth-order valence-electron chi connectivity index (χ4n) is 4.21. The summed E-state index contributed by atoms with van der Waals surface area (Å²) in [6.07, 6.45) is 13.2. The van der Waals surface area contributed by atoms with Crippen LogP contribution in [0, 0.1) is 0 Å². The molecular formula is C23H26N6. The molecule has 4 heterocycles. The summed E-state index contributed by atoms with van der Waals surface area (Å²) in [5.74, 6) is 1.14. The van der Waals surface area contributed by atoms with Gasteiger partial charge in [0.05, 0.1) is 13.2 Å². The molecule has 0 unspecified atom stereocenters. The Hall–Kier alpha value is -3.12. The maximum atomic E-state index is 4.46. The van der Waals surface area contributed by atoms with Crippen LogP contribution in [0.3, 0.4) is 0 Å². The second-order valence-corrected chi connectivity index (χ2v) is 7.84. The highest BCUT2D eigenvalue weighted by atomic mass is 15.4. The zero-order chi connectivity index (χ0) is 19.6. The first-order valence-electron chi connectivity index (χ1n) is 10.2. The molecule has 29 heavy (non-hydrogen) atoms. The number of nitrogens with zero attached hydrogens (tertiary/aromatic N) is 6. The quantitative estimate of drug-likeness (QED) is 0.673. The second kappa shape index (κ2) is 7.72. The number of imidazole rings is 1. The molecule has 2 aliphatic rings. The van der Waals surface area contributed by atoms with E-state index in [-0.39, 0.29) is 0 Å². The van der Waals surface area contributed by atoms with Crippen LogP contribution in [0.1, 0.15) is 12.2 Å². The van der Waals surface area contributed by atoms with Gasteiger partial charge in [-0.3, -0.25) is 9.88 Å². The third-order valence-corrected chi connectivity index (χ3v) is 5.97. The Kier molecular flexibility index (Phi) is 4.77. The Balaban J connectivity index is 1.19. The molecule has 0 spiro atoms. The summed E-state index contributed by atoms with van der Waals surface area (Å²) < 4.78 is 2.11. The van der Waals surface area contributed by atoms with Crippen molar-refractivity contribution in [2.24, 2.45) is 7.05 Å². The third kappa shape index (κ3) is 3.76. The van der Waals surface area contributed by atoms with Gasteiger partial charge in [0.1, 0.15) is 5.82 Å². The Morgan fingerprint density at radius 3 is 2.52 bits per heavy atom. The van der Waals surface area contributed by atoms with Gasteiger partial charge in [0.2, 0.25) is 0 Å². The summed E-state index contributed by atoms with van der Waals surface area (Å²) in [6.45, 7) is 4.06. The lowest BCUT2D eigenvalue weighted by Gasteiger charge is -2.27. The van der Waals surface area contributed by atoms with Gasteiger partial charge in [-0.1, -0.05) is 12.1 Å². The molecule has 6 nitrogen and oxygen atoms in total. The lowest BCUT2D eigenvalue weighted by molar-refractivity contribution is 0.261. The minimum atomic E-state index is 0.563. The smallest absolute Gasteiger partial charge is 0.122 e. The minimum Gasteiger partial charge on any atom is -0.354 e. The highest BCUT2D eigenvalue weighted by molar-refractivity contribution is 5.66. The van der Waals surface area contributed by atoms with Crippen molar-refractivity contribution < 1.29 is 0 Å². The van der Waals surface area contributed by atoms with Gasteiger partial charge in [-0.05, 0) is 41.8 Å². The van der Waals surface area contributed by atoms with Crippen LogP contribution in [0.25, 0.3) is 11.1 Å². The Morgan fingerprint density at radius 2 is 1.76 bits per heavy atom. The molecule has 0 bridgehead atoms. The van der Waals surface area contributed by atoms with Crippen LogP contribution >= 0.6 is 0 Å². The van der Waals surface area contributed by atoms with Crippen LogP contribution in [-0.4, -0.2) is 50.1 Å². The van der Waals surface area contributed by atoms with Gasteiger partial charge < -0.3 is 14.4 Å². The maximum absolute atomic E-state index is 4.46. The van der Waals surface area contributed by atoms with Crippen LogP contribution in [0.15, 0.2) is 73.6 Å². The average Bonchev–Trinajstić information content (AvgIpc) is 3.51. The molecule has 0 N–H and O–H groups in total. The van der Waals surface area contributed by atoms with E-state index >= 15 is 0 Å². The fourth-order valence-corrected chi connectivity index (χ4v) is 4.21. The first kappa shape index (κ1) is 17.9. The third-order valence-electron chi connectivity index (χ3n) is 5.97. The van der Waals surface area contributed by atoms with E-state index < -0.39 is 0 Å². The minimum absolute atomic E-state index is 0.563. The van der Waals surface area contributed by atoms with E-state index in [0.29, 0.717) is 6.04 Å². The van der Waals surface area contributed by atoms with Gasteiger partial charge in [0.25, 0.3) is 0 Å². The number of anilines is 1. The molecule has 0 aliphatic carbocycles. The first-order valence-corrected chi connectivity index (χ1v) is 10.2. The molecule has 1 fully saturated rings. The van der Waals surface area contributed by atoms with Crippen LogP contribution < -0.4 is 4.90 Å². The number of aryl methyl sites for hydroxylation is 1. The number of hydrogen-bond acceptors (Lipinski definition) is 5. The van der Waals surface area contributed by atoms with Crippen molar-refractivity contribution in [3.05, 3.63) is 79.4 Å². The second-order valence-electron chi connectivity index (χ2n) is 7.84. The highest BCUT2D eigenvalue weighted by Crippen LogP contribution is 2.27. The summed E-state index contributed by atoms with van der Waals surface area (Å²) in [5, 5.41) is 0. The Morgan fingerprint density at radius 1 is 0.966 bits per heavy atom. The predicted octanol–water partition coefficient (Wildman–Crippen LogP) is 3.31. The molecule has 2 aromatic heterocycles. The molecule has 1 saturated heterocycles. The SMILES string of the molecule is Cn1ccnc1CN1CC[C@H](N2C=CN(c3ccc(-c4ccncc4)cc3)C2)C1. The van der Waals surface area contributed by atoms with E-state index in [2.05, 4.69) is 72.9 Å². The summed E-state index contributed by atoms with van der Waals surface area (Å²) in [6, 6.07) is 13.4. The molecule has 5 rings (SSSR count). The van der Waals surface area contributed by atoms with Crippen molar-refractivity contribution in [2.45, 2.75) is 19.0 Å². The Labute approximate surface area is 171 Å². The largest absolute Gasteiger partial charge is 0.354 e. The molecule has 0 saturated carbocycles. The Bertz CT molecular complexity index is 978. The van der Waals surface area contributed by atoms with Crippen LogP contribution in [-0.2, 0) is 13.6 Å². The maximum Gasteiger partial charge on any atom is 0.122 e. The first-order chi connectivity index (χ1) is 14.3. The summed E-state index contributed by atoms with van der Waals surface area (Å²) >= 11 is 0. The zero-order valence-electron chi connectivity index (χ0n) is 16.7. The van der Waals surface area contributed by atoms with Crippen LogP contribution in [0.4, 0.5) is 5.69 Å². The molecular weight excluding hydrogens is 360 g/mol. The number of hydrogen-bond donors (Lipinski definition) is 0. The molecule has 0 radical (unpaired) electrons. The number of pyridine rings is 1. The molecule has 0 amide bonds. The van der Waals surface area contributed by atoms with Gasteiger partial charge in [-0.25, -0.2) is 4.98 Å². The lowest BCUT2D eigenvalue weighted by Crippen LogP contribution is -2.36. The molecule has 1 aromatic carbocycles. The van der Waals surface area contributed by atoms with E-state index in [9.17, 15) is 0 Å². The monoisotopic (exact) mass is 386 g/mol.